The second-order valence-corrected chi connectivity index (χ2v) is 5.03. The van der Waals surface area contributed by atoms with Crippen LogP contribution in [0.1, 0.15) is 37.8 Å². The maximum absolute atomic E-state index is 5.75. The third-order valence-electron chi connectivity index (χ3n) is 3.49. The lowest BCUT2D eigenvalue weighted by atomic mass is 10.1. The van der Waals surface area contributed by atoms with Gasteiger partial charge < -0.3 is 19.5 Å². The topological polar surface area (TPSA) is 39.7 Å². The highest BCUT2D eigenvalue weighted by Gasteiger charge is 2.16. The van der Waals surface area contributed by atoms with Crippen LogP contribution in [-0.2, 0) is 4.74 Å². The summed E-state index contributed by atoms with van der Waals surface area (Å²) in [6.07, 6.45) is 3.59. The first-order valence-corrected chi connectivity index (χ1v) is 7.49. The Balaban J connectivity index is 1.90. The molecule has 0 bridgehead atoms. The Morgan fingerprint density at radius 3 is 2.75 bits per heavy atom. The van der Waals surface area contributed by atoms with Gasteiger partial charge in [-0.05, 0) is 31.2 Å². The van der Waals surface area contributed by atoms with E-state index in [1.54, 1.807) is 0 Å². The molecule has 1 aliphatic rings. The maximum atomic E-state index is 5.75. The van der Waals surface area contributed by atoms with Crippen LogP contribution in [0.5, 0.6) is 11.5 Å². The van der Waals surface area contributed by atoms with Crippen molar-refractivity contribution in [2.24, 2.45) is 0 Å². The molecule has 1 unspecified atom stereocenters. The SMILES string of the molecule is CCCCCOCC(NC)c1ccc2c(c1)OCCO2. The second kappa shape index (κ2) is 8.12. The van der Waals surface area contributed by atoms with Crippen molar-refractivity contribution in [3.63, 3.8) is 0 Å². The Labute approximate surface area is 121 Å². The van der Waals surface area contributed by atoms with E-state index in [2.05, 4.69) is 18.3 Å². The Bertz CT molecular complexity index is 409. The number of unbranched alkanes of at least 4 members (excludes halogenated alkanes) is 2. The molecule has 1 heterocycles. The molecule has 0 aromatic heterocycles. The van der Waals surface area contributed by atoms with Crippen molar-refractivity contribution in [3.8, 4) is 11.5 Å². The normalized spacial score (nSPS) is 15.1. The molecule has 0 spiro atoms. The maximum Gasteiger partial charge on any atom is 0.161 e. The molecule has 1 N–H and O–H groups in total. The van der Waals surface area contributed by atoms with E-state index < -0.39 is 0 Å². The number of benzene rings is 1. The molecule has 0 saturated carbocycles. The van der Waals surface area contributed by atoms with Gasteiger partial charge in [0.25, 0.3) is 0 Å². The molecular formula is C16H25NO3. The first-order valence-electron chi connectivity index (χ1n) is 7.49. The standard InChI is InChI=1S/C16H25NO3/c1-3-4-5-8-18-12-14(17-2)13-6-7-15-16(11-13)20-10-9-19-15/h6-7,11,14,17H,3-5,8-10,12H2,1-2H3. The molecule has 0 aliphatic carbocycles. The molecule has 20 heavy (non-hydrogen) atoms. The highest BCUT2D eigenvalue weighted by molar-refractivity contribution is 5.44. The lowest BCUT2D eigenvalue weighted by Crippen LogP contribution is -2.23. The van der Waals surface area contributed by atoms with Crippen LogP contribution >= 0.6 is 0 Å². The van der Waals surface area contributed by atoms with Crippen LogP contribution in [0, 0.1) is 0 Å². The number of fused-ring (bicyclic) bond motifs is 1. The summed E-state index contributed by atoms with van der Waals surface area (Å²) < 4.78 is 16.9. The van der Waals surface area contributed by atoms with Gasteiger partial charge in [-0.25, -0.2) is 0 Å². The quantitative estimate of drug-likeness (QED) is 0.743. The Morgan fingerprint density at radius 1 is 1.20 bits per heavy atom. The minimum atomic E-state index is 0.187. The van der Waals surface area contributed by atoms with Gasteiger partial charge >= 0.3 is 0 Å². The molecule has 4 heteroatoms. The van der Waals surface area contributed by atoms with Crippen LogP contribution in [-0.4, -0.2) is 33.5 Å². The molecule has 0 radical (unpaired) electrons. The molecule has 0 fully saturated rings. The van der Waals surface area contributed by atoms with Crippen molar-refractivity contribution in [3.05, 3.63) is 23.8 Å². The number of hydrogen-bond donors (Lipinski definition) is 1. The number of hydrogen-bond acceptors (Lipinski definition) is 4. The minimum absolute atomic E-state index is 0.187. The van der Waals surface area contributed by atoms with Crippen LogP contribution in [0.15, 0.2) is 18.2 Å². The predicted octanol–water partition coefficient (Wildman–Crippen LogP) is 2.93. The fourth-order valence-corrected chi connectivity index (χ4v) is 2.28. The van der Waals surface area contributed by atoms with Gasteiger partial charge in [0.05, 0.1) is 12.6 Å². The van der Waals surface area contributed by atoms with Crippen LogP contribution in [0.25, 0.3) is 0 Å². The molecule has 2 rings (SSSR count). The van der Waals surface area contributed by atoms with Crippen LogP contribution < -0.4 is 14.8 Å². The smallest absolute Gasteiger partial charge is 0.161 e. The summed E-state index contributed by atoms with van der Waals surface area (Å²) in [6, 6.07) is 6.29. The van der Waals surface area contributed by atoms with Crippen molar-refractivity contribution >= 4 is 0 Å². The van der Waals surface area contributed by atoms with Gasteiger partial charge in [0.2, 0.25) is 0 Å². The number of nitrogens with one attached hydrogen (secondary N) is 1. The monoisotopic (exact) mass is 279 g/mol. The summed E-state index contributed by atoms with van der Waals surface area (Å²) in [5.74, 6) is 1.67. The van der Waals surface area contributed by atoms with E-state index in [-0.39, 0.29) is 6.04 Å². The van der Waals surface area contributed by atoms with Crippen molar-refractivity contribution in [2.75, 3.05) is 33.5 Å². The first-order chi connectivity index (χ1) is 9.85. The minimum Gasteiger partial charge on any atom is -0.486 e. The van der Waals surface area contributed by atoms with Crippen molar-refractivity contribution in [1.29, 1.82) is 0 Å². The molecule has 1 atom stereocenters. The van der Waals surface area contributed by atoms with Gasteiger partial charge in [-0.3, -0.25) is 0 Å². The van der Waals surface area contributed by atoms with Crippen molar-refractivity contribution < 1.29 is 14.2 Å². The van der Waals surface area contributed by atoms with E-state index in [0.717, 1.165) is 24.5 Å². The Hall–Kier alpha value is -1.26. The fraction of sp³-hybridized carbons (Fsp3) is 0.625. The summed E-state index contributed by atoms with van der Waals surface area (Å²) in [5.41, 5.74) is 1.17. The molecule has 1 aromatic carbocycles. The zero-order chi connectivity index (χ0) is 14.2. The van der Waals surface area contributed by atoms with E-state index in [0.29, 0.717) is 19.8 Å². The summed E-state index contributed by atoms with van der Waals surface area (Å²) in [5, 5.41) is 3.29. The molecule has 0 amide bonds. The van der Waals surface area contributed by atoms with E-state index in [1.165, 1.54) is 18.4 Å². The summed E-state index contributed by atoms with van der Waals surface area (Å²) in [6.45, 7) is 4.96. The predicted molar refractivity (Wildman–Crippen MR) is 79.6 cm³/mol. The molecule has 112 valence electrons. The Kier molecular flexibility index (Phi) is 6.15. The van der Waals surface area contributed by atoms with Crippen LogP contribution in [0.2, 0.25) is 0 Å². The van der Waals surface area contributed by atoms with Gasteiger partial charge in [-0.15, -0.1) is 0 Å². The van der Waals surface area contributed by atoms with E-state index >= 15 is 0 Å². The van der Waals surface area contributed by atoms with Crippen LogP contribution in [0.3, 0.4) is 0 Å². The highest BCUT2D eigenvalue weighted by Crippen LogP contribution is 2.32. The summed E-state index contributed by atoms with van der Waals surface area (Å²) in [7, 11) is 1.96. The molecule has 1 aromatic rings. The third kappa shape index (κ3) is 4.12. The van der Waals surface area contributed by atoms with Crippen LogP contribution in [0.4, 0.5) is 0 Å². The number of likely N-dealkylation sites (N-methyl/N-ethyl adjacent to an activating group) is 1. The lowest BCUT2D eigenvalue weighted by Gasteiger charge is -2.22. The zero-order valence-electron chi connectivity index (χ0n) is 12.5. The molecule has 1 aliphatic heterocycles. The molecular weight excluding hydrogens is 254 g/mol. The highest BCUT2D eigenvalue weighted by atomic mass is 16.6. The largest absolute Gasteiger partial charge is 0.486 e. The van der Waals surface area contributed by atoms with Gasteiger partial charge in [0.1, 0.15) is 13.2 Å². The average Bonchev–Trinajstić information content (AvgIpc) is 2.50. The van der Waals surface area contributed by atoms with E-state index in [9.17, 15) is 0 Å². The third-order valence-corrected chi connectivity index (χ3v) is 3.49. The summed E-state index contributed by atoms with van der Waals surface area (Å²) >= 11 is 0. The van der Waals surface area contributed by atoms with Crippen molar-refractivity contribution in [1.82, 2.24) is 5.32 Å². The average molecular weight is 279 g/mol. The zero-order valence-corrected chi connectivity index (χ0v) is 12.5. The number of rotatable bonds is 8. The van der Waals surface area contributed by atoms with E-state index in [4.69, 9.17) is 14.2 Å². The number of ether oxygens (including phenoxy) is 3. The molecule has 4 nitrogen and oxygen atoms in total. The fourth-order valence-electron chi connectivity index (χ4n) is 2.28. The van der Waals surface area contributed by atoms with Gasteiger partial charge in [0.15, 0.2) is 11.5 Å². The lowest BCUT2D eigenvalue weighted by molar-refractivity contribution is 0.110. The van der Waals surface area contributed by atoms with Gasteiger partial charge in [-0.1, -0.05) is 25.8 Å². The Morgan fingerprint density at radius 2 is 2.00 bits per heavy atom. The van der Waals surface area contributed by atoms with Gasteiger partial charge in [-0.2, -0.15) is 0 Å². The van der Waals surface area contributed by atoms with E-state index in [1.807, 2.05) is 19.2 Å². The summed E-state index contributed by atoms with van der Waals surface area (Å²) in [4.78, 5) is 0. The first kappa shape index (κ1) is 15.1. The second-order valence-electron chi connectivity index (χ2n) is 5.03. The van der Waals surface area contributed by atoms with Gasteiger partial charge in [0, 0.05) is 6.61 Å². The molecule has 0 saturated heterocycles. The van der Waals surface area contributed by atoms with Crippen molar-refractivity contribution in [2.45, 2.75) is 32.2 Å².